The maximum absolute atomic E-state index is 13.4. The first kappa shape index (κ1) is 24.7. The fourth-order valence-electron chi connectivity index (χ4n) is 3.82. The zero-order valence-electron chi connectivity index (χ0n) is 18.9. The molecule has 178 valence electrons. The van der Waals surface area contributed by atoms with Crippen molar-refractivity contribution in [2.45, 2.75) is 13.3 Å². The van der Waals surface area contributed by atoms with Crippen molar-refractivity contribution in [1.29, 1.82) is 0 Å². The van der Waals surface area contributed by atoms with Gasteiger partial charge in [0.05, 0.1) is 19.0 Å². The summed E-state index contributed by atoms with van der Waals surface area (Å²) in [6, 6.07) is 19.0. The Hall–Kier alpha value is -3.39. The van der Waals surface area contributed by atoms with Gasteiger partial charge in [0.2, 0.25) is 5.91 Å². The highest BCUT2D eigenvalue weighted by Crippen LogP contribution is 2.31. The molecule has 0 fully saturated rings. The van der Waals surface area contributed by atoms with Crippen LogP contribution in [0.3, 0.4) is 0 Å². The molecule has 0 aliphatic carbocycles. The molecule has 0 spiro atoms. The number of carbonyl (C=O) groups is 2. The number of aromatic nitrogens is 1. The third-order valence-electron chi connectivity index (χ3n) is 5.53. The van der Waals surface area contributed by atoms with Crippen molar-refractivity contribution in [3.05, 3.63) is 93.6 Å². The summed E-state index contributed by atoms with van der Waals surface area (Å²) in [4.78, 5) is 26.3. The van der Waals surface area contributed by atoms with E-state index < -0.39 is 0 Å². The van der Waals surface area contributed by atoms with Crippen LogP contribution in [-0.4, -0.2) is 28.6 Å². The van der Waals surface area contributed by atoms with E-state index in [0.717, 1.165) is 5.39 Å². The van der Waals surface area contributed by atoms with E-state index in [1.165, 1.54) is 0 Å². The van der Waals surface area contributed by atoms with Crippen LogP contribution in [0.5, 0.6) is 5.75 Å². The van der Waals surface area contributed by atoms with Crippen LogP contribution in [0.15, 0.2) is 66.7 Å². The summed E-state index contributed by atoms with van der Waals surface area (Å²) in [5.74, 6) is 0.0801. The first-order chi connectivity index (χ1) is 16.8. The molecule has 0 radical (unpaired) electrons. The SMILES string of the molecule is COc1ccc2c(c1)c(CC(=O)NC(=S)Nc1ccc(Cl)cc1)c(C)n2C(=O)c1ccc(Cl)cc1. The van der Waals surface area contributed by atoms with Crippen molar-refractivity contribution < 1.29 is 14.3 Å². The Bertz CT molecular complexity index is 1430. The molecule has 0 saturated heterocycles. The second kappa shape index (κ2) is 10.5. The zero-order valence-corrected chi connectivity index (χ0v) is 21.2. The van der Waals surface area contributed by atoms with Gasteiger partial charge in [-0.2, -0.15) is 0 Å². The lowest BCUT2D eigenvalue weighted by molar-refractivity contribution is -0.119. The number of fused-ring (bicyclic) bond motifs is 1. The summed E-state index contributed by atoms with van der Waals surface area (Å²) in [6.07, 6.45) is 0.0127. The van der Waals surface area contributed by atoms with E-state index in [1.807, 2.05) is 19.1 Å². The van der Waals surface area contributed by atoms with Crippen molar-refractivity contribution >= 4 is 68.9 Å². The van der Waals surface area contributed by atoms with Gasteiger partial charge < -0.3 is 15.4 Å². The Morgan fingerprint density at radius 1 is 0.971 bits per heavy atom. The molecule has 3 aromatic carbocycles. The number of hydrogen-bond donors (Lipinski definition) is 2. The number of nitrogens with zero attached hydrogens (tertiary/aromatic N) is 1. The molecule has 2 N–H and O–H groups in total. The van der Waals surface area contributed by atoms with E-state index in [0.29, 0.717) is 43.8 Å². The number of rotatable bonds is 5. The number of benzene rings is 3. The summed E-state index contributed by atoms with van der Waals surface area (Å²) in [7, 11) is 1.57. The third-order valence-corrected chi connectivity index (χ3v) is 6.24. The smallest absolute Gasteiger partial charge is 0.262 e. The molecule has 1 amide bonds. The number of ether oxygens (including phenoxy) is 1. The van der Waals surface area contributed by atoms with Gasteiger partial charge in [-0.05, 0) is 91.4 Å². The van der Waals surface area contributed by atoms with Crippen molar-refractivity contribution in [2.75, 3.05) is 12.4 Å². The Morgan fingerprint density at radius 3 is 2.23 bits per heavy atom. The molecule has 0 bridgehead atoms. The zero-order chi connectivity index (χ0) is 25.1. The summed E-state index contributed by atoms with van der Waals surface area (Å²) < 4.78 is 6.98. The van der Waals surface area contributed by atoms with Crippen molar-refractivity contribution in [3.63, 3.8) is 0 Å². The molecule has 6 nitrogen and oxygen atoms in total. The maximum atomic E-state index is 13.4. The van der Waals surface area contributed by atoms with Crippen molar-refractivity contribution in [2.24, 2.45) is 0 Å². The topological polar surface area (TPSA) is 72.4 Å². The van der Waals surface area contributed by atoms with E-state index >= 15 is 0 Å². The number of amides is 1. The largest absolute Gasteiger partial charge is 0.497 e. The van der Waals surface area contributed by atoms with Crippen LogP contribution >= 0.6 is 35.4 Å². The summed E-state index contributed by atoms with van der Waals surface area (Å²) in [5, 5.41) is 7.70. The Labute approximate surface area is 217 Å². The molecule has 0 unspecified atom stereocenters. The van der Waals surface area contributed by atoms with Gasteiger partial charge in [-0.15, -0.1) is 0 Å². The van der Waals surface area contributed by atoms with Crippen molar-refractivity contribution in [1.82, 2.24) is 9.88 Å². The van der Waals surface area contributed by atoms with E-state index in [2.05, 4.69) is 10.6 Å². The van der Waals surface area contributed by atoms with E-state index in [-0.39, 0.29) is 23.3 Å². The predicted octanol–water partition coefficient (Wildman–Crippen LogP) is 6.01. The highest BCUT2D eigenvalue weighted by atomic mass is 35.5. The molecule has 1 aromatic heterocycles. The molecule has 0 atom stereocenters. The molecule has 0 saturated carbocycles. The molecule has 9 heteroatoms. The monoisotopic (exact) mass is 525 g/mol. The third kappa shape index (κ3) is 5.48. The van der Waals surface area contributed by atoms with E-state index in [1.54, 1.807) is 66.3 Å². The van der Waals surface area contributed by atoms with Gasteiger partial charge in [-0.3, -0.25) is 14.2 Å². The van der Waals surface area contributed by atoms with Gasteiger partial charge in [-0.25, -0.2) is 0 Å². The van der Waals surface area contributed by atoms with Gasteiger partial charge in [0.15, 0.2) is 5.11 Å². The normalized spacial score (nSPS) is 10.7. The number of carbonyl (C=O) groups excluding carboxylic acids is 2. The Morgan fingerprint density at radius 2 is 1.60 bits per heavy atom. The quantitative estimate of drug-likeness (QED) is 0.312. The molecule has 4 aromatic rings. The second-order valence-electron chi connectivity index (χ2n) is 7.78. The van der Waals surface area contributed by atoms with Crippen LogP contribution < -0.4 is 15.4 Å². The van der Waals surface area contributed by atoms with Gasteiger partial charge in [0, 0.05) is 32.4 Å². The number of methoxy groups -OCH3 is 1. The van der Waals surface area contributed by atoms with Crippen LogP contribution in [0.1, 0.15) is 21.6 Å². The number of thiocarbonyl (C=S) groups is 1. The summed E-state index contributed by atoms with van der Waals surface area (Å²) in [5.41, 5.74) is 3.21. The molecular formula is C26H21Cl2N3O3S. The van der Waals surface area contributed by atoms with Crippen LogP contribution in [0.4, 0.5) is 5.69 Å². The minimum atomic E-state index is -0.319. The highest BCUT2D eigenvalue weighted by Gasteiger charge is 2.22. The van der Waals surface area contributed by atoms with Crippen LogP contribution in [0.2, 0.25) is 10.0 Å². The maximum Gasteiger partial charge on any atom is 0.262 e. The summed E-state index contributed by atoms with van der Waals surface area (Å²) in [6.45, 7) is 1.81. The average Bonchev–Trinajstić information content (AvgIpc) is 3.10. The predicted molar refractivity (Wildman–Crippen MR) is 144 cm³/mol. The van der Waals surface area contributed by atoms with Crippen LogP contribution in [0.25, 0.3) is 10.9 Å². The minimum absolute atomic E-state index is 0.0127. The number of anilines is 1. The number of halogens is 2. The molecule has 0 aliphatic heterocycles. The molecular weight excluding hydrogens is 505 g/mol. The number of nitrogens with one attached hydrogen (secondary N) is 2. The number of hydrogen-bond acceptors (Lipinski definition) is 4. The lowest BCUT2D eigenvalue weighted by Crippen LogP contribution is -2.35. The van der Waals surface area contributed by atoms with Gasteiger partial charge >= 0.3 is 0 Å². The Kier molecular flexibility index (Phi) is 7.40. The minimum Gasteiger partial charge on any atom is -0.497 e. The first-order valence-corrected chi connectivity index (χ1v) is 11.8. The molecule has 1 heterocycles. The Balaban J connectivity index is 1.63. The molecule has 0 aliphatic rings. The average molecular weight is 526 g/mol. The van der Waals surface area contributed by atoms with Gasteiger partial charge in [-0.1, -0.05) is 23.2 Å². The van der Waals surface area contributed by atoms with Gasteiger partial charge in [0.1, 0.15) is 5.75 Å². The fourth-order valence-corrected chi connectivity index (χ4v) is 4.31. The van der Waals surface area contributed by atoms with Crippen LogP contribution in [-0.2, 0) is 11.2 Å². The molecule has 35 heavy (non-hydrogen) atoms. The first-order valence-electron chi connectivity index (χ1n) is 10.6. The standard InChI is InChI=1S/C26H21Cl2N3O3S/c1-15-21(14-24(32)30-26(35)29-19-9-7-18(28)8-10-19)22-13-20(34-2)11-12-23(22)31(15)25(33)16-3-5-17(27)6-4-16/h3-13H,14H2,1-2H3,(H2,29,30,32,35). The van der Waals surface area contributed by atoms with E-state index in [4.69, 9.17) is 40.2 Å². The fraction of sp³-hybridized carbons (Fsp3) is 0.115. The molecule has 4 rings (SSSR count). The summed E-state index contributed by atoms with van der Waals surface area (Å²) >= 11 is 17.2. The van der Waals surface area contributed by atoms with Crippen molar-refractivity contribution in [3.8, 4) is 5.75 Å². The highest BCUT2D eigenvalue weighted by molar-refractivity contribution is 7.80. The lowest BCUT2D eigenvalue weighted by Gasteiger charge is -2.10. The van der Waals surface area contributed by atoms with Crippen LogP contribution in [0, 0.1) is 6.92 Å². The lowest BCUT2D eigenvalue weighted by atomic mass is 10.1. The van der Waals surface area contributed by atoms with E-state index in [9.17, 15) is 9.59 Å². The second-order valence-corrected chi connectivity index (χ2v) is 9.06. The van der Waals surface area contributed by atoms with Gasteiger partial charge in [0.25, 0.3) is 5.91 Å².